The summed E-state index contributed by atoms with van der Waals surface area (Å²) in [4.78, 5) is 12.7. The highest BCUT2D eigenvalue weighted by molar-refractivity contribution is 9.10. The summed E-state index contributed by atoms with van der Waals surface area (Å²) < 4.78 is 42.8. The molecule has 0 aliphatic heterocycles. The van der Waals surface area contributed by atoms with E-state index in [-0.39, 0.29) is 18.7 Å². The zero-order chi connectivity index (χ0) is 14.5. The first-order chi connectivity index (χ1) is 8.83. The van der Waals surface area contributed by atoms with Crippen LogP contribution in [0.3, 0.4) is 0 Å². The van der Waals surface area contributed by atoms with Crippen LogP contribution in [0.25, 0.3) is 0 Å². The largest absolute Gasteiger partial charge is 0.406 e. The molecule has 0 aliphatic carbocycles. The van der Waals surface area contributed by atoms with Gasteiger partial charge in [0.1, 0.15) is 6.54 Å². The predicted octanol–water partition coefficient (Wildman–Crippen LogP) is 3.10. The normalized spacial score (nSPS) is 11.4. The minimum atomic E-state index is -4.43. The number of amides is 1. The summed E-state index contributed by atoms with van der Waals surface area (Å²) in [6, 6.07) is 6.16. The van der Waals surface area contributed by atoms with E-state index in [0.29, 0.717) is 0 Å². The first-order valence-corrected chi connectivity index (χ1v) is 6.23. The van der Waals surface area contributed by atoms with Crippen LogP contribution in [0.4, 0.5) is 13.2 Å². The van der Waals surface area contributed by atoms with Crippen LogP contribution in [-0.4, -0.2) is 43.8 Å². The van der Waals surface area contributed by atoms with Crippen LogP contribution < -0.4 is 0 Å². The molecular formula is C12H13BrF3NO2. The van der Waals surface area contributed by atoms with E-state index >= 15 is 0 Å². The fourth-order valence-corrected chi connectivity index (χ4v) is 1.71. The Morgan fingerprint density at radius 2 is 1.89 bits per heavy atom. The minimum absolute atomic E-state index is 0.0539. The van der Waals surface area contributed by atoms with Gasteiger partial charge in [-0.2, -0.15) is 13.2 Å². The number of alkyl halides is 3. The quantitative estimate of drug-likeness (QED) is 0.824. The summed E-state index contributed by atoms with van der Waals surface area (Å²) >= 11 is 3.20. The molecule has 3 nitrogen and oxygen atoms in total. The second-order valence-corrected chi connectivity index (χ2v) is 4.76. The third kappa shape index (κ3) is 5.61. The Kier molecular flexibility index (Phi) is 5.81. The molecule has 0 radical (unpaired) electrons. The molecule has 1 rings (SSSR count). The van der Waals surface area contributed by atoms with Gasteiger partial charge in [-0.25, -0.2) is 0 Å². The fourth-order valence-electron chi connectivity index (χ4n) is 1.45. The van der Waals surface area contributed by atoms with Crippen molar-refractivity contribution in [2.75, 3.05) is 26.8 Å². The minimum Gasteiger partial charge on any atom is -0.383 e. The van der Waals surface area contributed by atoms with Gasteiger partial charge in [-0.15, -0.1) is 0 Å². The van der Waals surface area contributed by atoms with Gasteiger partial charge in [0.15, 0.2) is 0 Å². The lowest BCUT2D eigenvalue weighted by Gasteiger charge is -2.23. The van der Waals surface area contributed by atoms with E-state index < -0.39 is 18.6 Å². The Morgan fingerprint density at radius 3 is 2.37 bits per heavy atom. The molecule has 106 valence electrons. The highest BCUT2D eigenvalue weighted by Gasteiger charge is 2.33. The molecule has 0 saturated heterocycles. The van der Waals surface area contributed by atoms with Gasteiger partial charge in [-0.1, -0.05) is 15.9 Å². The van der Waals surface area contributed by atoms with E-state index in [1.165, 1.54) is 19.2 Å². The number of benzene rings is 1. The number of hydrogen-bond donors (Lipinski definition) is 0. The molecule has 0 unspecified atom stereocenters. The fraction of sp³-hybridized carbons (Fsp3) is 0.417. The van der Waals surface area contributed by atoms with Gasteiger partial charge in [-0.05, 0) is 24.3 Å². The van der Waals surface area contributed by atoms with Gasteiger partial charge < -0.3 is 9.64 Å². The van der Waals surface area contributed by atoms with Gasteiger partial charge >= 0.3 is 6.18 Å². The lowest BCUT2D eigenvalue weighted by atomic mass is 10.2. The highest BCUT2D eigenvalue weighted by Crippen LogP contribution is 2.19. The van der Waals surface area contributed by atoms with Crippen molar-refractivity contribution in [3.8, 4) is 0 Å². The summed E-state index contributed by atoms with van der Waals surface area (Å²) in [5.74, 6) is -0.665. The van der Waals surface area contributed by atoms with Crippen molar-refractivity contribution < 1.29 is 22.7 Å². The zero-order valence-electron chi connectivity index (χ0n) is 10.2. The lowest BCUT2D eigenvalue weighted by molar-refractivity contribution is -0.141. The highest BCUT2D eigenvalue weighted by atomic mass is 79.9. The first-order valence-electron chi connectivity index (χ1n) is 5.44. The van der Waals surface area contributed by atoms with E-state index in [0.717, 1.165) is 9.37 Å². The molecule has 0 heterocycles. The Hall–Kier alpha value is -1.08. The summed E-state index contributed by atoms with van der Waals surface area (Å²) in [6.07, 6.45) is -4.43. The van der Waals surface area contributed by atoms with Gasteiger partial charge in [0, 0.05) is 23.7 Å². The molecule has 1 aromatic carbocycles. The number of halogens is 4. The molecule has 1 aromatic rings. The van der Waals surface area contributed by atoms with Crippen molar-refractivity contribution >= 4 is 21.8 Å². The number of nitrogens with zero attached hydrogens (tertiary/aromatic N) is 1. The van der Waals surface area contributed by atoms with Crippen molar-refractivity contribution in [1.82, 2.24) is 4.90 Å². The Morgan fingerprint density at radius 1 is 1.32 bits per heavy atom. The lowest BCUT2D eigenvalue weighted by Crippen LogP contribution is -2.40. The Balaban J connectivity index is 2.83. The number of carbonyl (C=O) groups excluding carboxylic acids is 1. The van der Waals surface area contributed by atoms with E-state index in [4.69, 9.17) is 4.74 Å². The topological polar surface area (TPSA) is 29.5 Å². The monoisotopic (exact) mass is 339 g/mol. The summed E-state index contributed by atoms with van der Waals surface area (Å²) in [5.41, 5.74) is 0.212. The maximum Gasteiger partial charge on any atom is 0.406 e. The molecule has 0 spiro atoms. The molecule has 1 amide bonds. The van der Waals surface area contributed by atoms with Crippen LogP contribution in [0, 0.1) is 0 Å². The first kappa shape index (κ1) is 16.0. The van der Waals surface area contributed by atoms with Gasteiger partial charge in [0.25, 0.3) is 5.91 Å². The van der Waals surface area contributed by atoms with Crippen molar-refractivity contribution in [2.24, 2.45) is 0 Å². The van der Waals surface area contributed by atoms with Crippen LogP contribution in [0.15, 0.2) is 28.7 Å². The summed E-state index contributed by atoms with van der Waals surface area (Å²) in [5, 5.41) is 0. The van der Waals surface area contributed by atoms with Crippen LogP contribution in [-0.2, 0) is 4.74 Å². The SMILES string of the molecule is COCCN(CC(F)(F)F)C(=O)c1ccc(Br)cc1. The van der Waals surface area contributed by atoms with E-state index in [2.05, 4.69) is 15.9 Å². The van der Waals surface area contributed by atoms with Gasteiger partial charge in [-0.3, -0.25) is 4.79 Å². The van der Waals surface area contributed by atoms with Crippen molar-refractivity contribution in [3.63, 3.8) is 0 Å². The number of hydrogen-bond acceptors (Lipinski definition) is 2. The van der Waals surface area contributed by atoms with Crippen LogP contribution in [0.1, 0.15) is 10.4 Å². The van der Waals surface area contributed by atoms with Crippen LogP contribution in [0.5, 0.6) is 0 Å². The zero-order valence-corrected chi connectivity index (χ0v) is 11.8. The van der Waals surface area contributed by atoms with Crippen LogP contribution >= 0.6 is 15.9 Å². The molecule has 0 saturated carbocycles. The Bertz CT molecular complexity index is 420. The van der Waals surface area contributed by atoms with Gasteiger partial charge in [0.2, 0.25) is 0 Å². The summed E-state index contributed by atoms with van der Waals surface area (Å²) in [6.45, 7) is -1.34. The van der Waals surface area contributed by atoms with Gasteiger partial charge in [0.05, 0.1) is 6.61 Å². The maximum atomic E-state index is 12.4. The molecule has 0 atom stereocenters. The number of ether oxygens (including phenoxy) is 1. The average Bonchev–Trinajstić information content (AvgIpc) is 2.33. The molecule has 0 aliphatic rings. The number of carbonyl (C=O) groups is 1. The molecule has 0 N–H and O–H groups in total. The van der Waals surface area contributed by atoms with Crippen LogP contribution in [0.2, 0.25) is 0 Å². The Labute approximate surface area is 117 Å². The average molecular weight is 340 g/mol. The molecule has 0 aromatic heterocycles. The smallest absolute Gasteiger partial charge is 0.383 e. The second-order valence-electron chi connectivity index (χ2n) is 3.84. The van der Waals surface area contributed by atoms with E-state index in [1.54, 1.807) is 12.1 Å². The van der Waals surface area contributed by atoms with E-state index in [1.807, 2.05) is 0 Å². The third-order valence-electron chi connectivity index (χ3n) is 2.31. The standard InChI is InChI=1S/C12H13BrF3NO2/c1-19-7-6-17(8-12(14,15)16)11(18)9-2-4-10(13)5-3-9/h2-5H,6-8H2,1H3. The molecule has 0 bridgehead atoms. The van der Waals surface area contributed by atoms with Crippen molar-refractivity contribution in [2.45, 2.75) is 6.18 Å². The third-order valence-corrected chi connectivity index (χ3v) is 2.84. The predicted molar refractivity (Wildman–Crippen MR) is 68.0 cm³/mol. The van der Waals surface area contributed by atoms with Crippen molar-refractivity contribution in [3.05, 3.63) is 34.3 Å². The second kappa shape index (κ2) is 6.91. The number of methoxy groups -OCH3 is 1. The number of rotatable bonds is 5. The summed E-state index contributed by atoms with van der Waals surface area (Å²) in [7, 11) is 1.37. The molecular weight excluding hydrogens is 327 g/mol. The van der Waals surface area contributed by atoms with E-state index in [9.17, 15) is 18.0 Å². The maximum absolute atomic E-state index is 12.4. The van der Waals surface area contributed by atoms with Crippen molar-refractivity contribution in [1.29, 1.82) is 0 Å². The molecule has 7 heteroatoms. The molecule has 19 heavy (non-hydrogen) atoms. The molecule has 0 fully saturated rings.